The fourth-order valence-corrected chi connectivity index (χ4v) is 7.58. The van der Waals surface area contributed by atoms with Crippen LogP contribution in [0.4, 0.5) is 10.1 Å². The van der Waals surface area contributed by atoms with Crippen LogP contribution in [0.2, 0.25) is 15.2 Å². The lowest BCUT2D eigenvalue weighted by molar-refractivity contribution is 0.0977. The number of rotatable bonds is 6. The lowest BCUT2D eigenvalue weighted by atomic mass is 9.74. The van der Waals surface area contributed by atoms with Crippen LogP contribution in [0.1, 0.15) is 40.0 Å². The van der Waals surface area contributed by atoms with Gasteiger partial charge in [0.05, 0.1) is 0 Å². The Bertz CT molecular complexity index is 1680. The Morgan fingerprint density at radius 1 is 0.977 bits per heavy atom. The van der Waals surface area contributed by atoms with Crippen LogP contribution in [0.15, 0.2) is 88.7 Å². The molecule has 0 radical (unpaired) electrons. The molecule has 220 valence electrons. The Kier molecular flexibility index (Phi) is 8.86. The van der Waals surface area contributed by atoms with Crippen molar-refractivity contribution in [1.82, 2.24) is 9.88 Å². The smallest absolute Gasteiger partial charge is 0.258 e. The van der Waals surface area contributed by atoms with Crippen molar-refractivity contribution in [3.63, 3.8) is 0 Å². The van der Waals surface area contributed by atoms with Gasteiger partial charge in [-0.05, 0) is 111 Å². The fraction of sp³-hybridized carbons (Fsp3) is 0.235. The molecular formula is C34H29Cl3FN3OS. The maximum absolute atomic E-state index is 13.9. The van der Waals surface area contributed by atoms with Crippen molar-refractivity contribution in [3.8, 4) is 0 Å². The first-order valence-corrected chi connectivity index (χ1v) is 16.0. The van der Waals surface area contributed by atoms with E-state index in [0.29, 0.717) is 33.0 Å². The third-order valence-electron chi connectivity index (χ3n) is 8.19. The molecule has 4 aromatic rings. The largest absolute Gasteiger partial charge is 0.307 e. The summed E-state index contributed by atoms with van der Waals surface area (Å²) < 4.78 is 13.5. The van der Waals surface area contributed by atoms with E-state index in [0.717, 1.165) is 53.5 Å². The van der Waals surface area contributed by atoms with E-state index >= 15 is 0 Å². The highest BCUT2D eigenvalue weighted by Crippen LogP contribution is 2.49. The molecule has 43 heavy (non-hydrogen) atoms. The Labute approximate surface area is 270 Å². The number of aryl methyl sites for hydroxylation is 1. The highest BCUT2D eigenvalue weighted by molar-refractivity contribution is 7.99. The third-order valence-corrected chi connectivity index (χ3v) is 9.94. The number of nitrogens with zero attached hydrogens (tertiary/aromatic N) is 3. The normalized spacial score (nSPS) is 16.3. The summed E-state index contributed by atoms with van der Waals surface area (Å²) in [6, 6.07) is 21.8. The topological polar surface area (TPSA) is 36.4 Å². The van der Waals surface area contributed by atoms with E-state index in [1.165, 1.54) is 17.7 Å². The highest BCUT2D eigenvalue weighted by atomic mass is 35.5. The Morgan fingerprint density at radius 3 is 2.44 bits per heavy atom. The summed E-state index contributed by atoms with van der Waals surface area (Å²) in [6.45, 7) is 5.05. The number of benzene rings is 3. The monoisotopic (exact) mass is 651 g/mol. The highest BCUT2D eigenvalue weighted by Gasteiger charge is 2.46. The van der Waals surface area contributed by atoms with Gasteiger partial charge in [-0.15, -0.1) is 0 Å². The van der Waals surface area contributed by atoms with E-state index < -0.39 is 0 Å². The van der Waals surface area contributed by atoms with E-state index in [4.69, 9.17) is 34.8 Å². The van der Waals surface area contributed by atoms with Gasteiger partial charge in [-0.1, -0.05) is 64.8 Å². The van der Waals surface area contributed by atoms with Crippen molar-refractivity contribution in [3.05, 3.63) is 122 Å². The predicted octanol–water partition coefficient (Wildman–Crippen LogP) is 9.35. The molecule has 0 N–H and O–H groups in total. The van der Waals surface area contributed by atoms with Crippen molar-refractivity contribution < 1.29 is 9.18 Å². The van der Waals surface area contributed by atoms with Gasteiger partial charge in [0, 0.05) is 55.3 Å². The lowest BCUT2D eigenvalue weighted by Gasteiger charge is -2.39. The SMILES string of the molecule is Cc1cc(C(=O)N2CC3(CCN(CC=Cc4ccc(Cl)cc4Cl)CC3)c3cc(Sc4ccc(F)cc4)ccc32)cc(Cl)n1. The molecule has 3 aromatic carbocycles. The summed E-state index contributed by atoms with van der Waals surface area (Å²) >= 11 is 20.2. The molecule has 0 aliphatic carbocycles. The van der Waals surface area contributed by atoms with Gasteiger partial charge in [-0.25, -0.2) is 9.37 Å². The number of aromatic nitrogens is 1. The molecule has 1 spiro atoms. The average Bonchev–Trinajstić information content (AvgIpc) is 3.28. The molecule has 6 rings (SSSR count). The summed E-state index contributed by atoms with van der Waals surface area (Å²) in [4.78, 5) is 24.5. The molecule has 1 aromatic heterocycles. The summed E-state index contributed by atoms with van der Waals surface area (Å²) in [7, 11) is 0. The van der Waals surface area contributed by atoms with E-state index in [9.17, 15) is 9.18 Å². The number of hydrogen-bond donors (Lipinski definition) is 0. The van der Waals surface area contributed by atoms with Crippen LogP contribution in [-0.4, -0.2) is 42.0 Å². The molecule has 4 nitrogen and oxygen atoms in total. The van der Waals surface area contributed by atoms with Crippen LogP contribution in [-0.2, 0) is 5.41 Å². The minimum absolute atomic E-state index is 0.0744. The van der Waals surface area contributed by atoms with Gasteiger partial charge >= 0.3 is 0 Å². The van der Waals surface area contributed by atoms with Crippen molar-refractivity contribution in [1.29, 1.82) is 0 Å². The van der Waals surface area contributed by atoms with Gasteiger partial charge in [0.2, 0.25) is 0 Å². The predicted molar refractivity (Wildman–Crippen MR) is 175 cm³/mol. The Morgan fingerprint density at radius 2 is 1.72 bits per heavy atom. The molecule has 2 aliphatic rings. The first-order chi connectivity index (χ1) is 20.7. The zero-order chi connectivity index (χ0) is 30.1. The number of carbonyl (C=O) groups is 1. The Balaban J connectivity index is 1.25. The quantitative estimate of drug-likeness (QED) is 0.195. The van der Waals surface area contributed by atoms with Crippen molar-refractivity contribution >= 4 is 64.2 Å². The van der Waals surface area contributed by atoms with Crippen molar-refractivity contribution in [2.75, 3.05) is 31.1 Å². The minimum atomic E-state index is -0.254. The van der Waals surface area contributed by atoms with Crippen LogP contribution in [0.5, 0.6) is 0 Å². The summed E-state index contributed by atoms with van der Waals surface area (Å²) in [5.41, 5.74) is 4.13. The Hall–Kier alpha value is -2.87. The van der Waals surface area contributed by atoms with Gasteiger partial charge in [0.1, 0.15) is 11.0 Å². The first kappa shape index (κ1) is 30.2. The van der Waals surface area contributed by atoms with Crippen LogP contribution in [0, 0.1) is 12.7 Å². The van der Waals surface area contributed by atoms with Crippen LogP contribution in [0.25, 0.3) is 6.08 Å². The average molecular weight is 653 g/mol. The molecule has 1 saturated heterocycles. The number of pyridine rings is 1. The molecule has 0 bridgehead atoms. The molecule has 9 heteroatoms. The number of amides is 1. The second-order valence-corrected chi connectivity index (χ2v) is 13.5. The van der Waals surface area contributed by atoms with Gasteiger partial charge < -0.3 is 4.90 Å². The van der Waals surface area contributed by atoms with Gasteiger partial charge in [0.25, 0.3) is 5.91 Å². The molecule has 3 heterocycles. The van der Waals surface area contributed by atoms with Crippen molar-refractivity contribution in [2.45, 2.75) is 35.0 Å². The molecular weight excluding hydrogens is 624 g/mol. The van der Waals surface area contributed by atoms with Crippen molar-refractivity contribution in [2.24, 2.45) is 0 Å². The van der Waals surface area contributed by atoms with Gasteiger partial charge in [0.15, 0.2) is 0 Å². The third kappa shape index (κ3) is 6.64. The standard InChI is InChI=1S/C34H29Cl3FN3OS/c1-22-17-24(18-32(37)39-22)33(42)41-21-34(29-20-28(10-11-31(29)41)43-27-8-6-26(38)7-9-27)12-15-40(16-13-34)14-2-3-23-4-5-25(35)19-30(23)36/h2-11,17-20H,12-16,21H2,1H3. The fourth-order valence-electron chi connectivity index (χ4n) is 6.00. The second-order valence-electron chi connectivity index (χ2n) is 11.1. The number of hydrogen-bond acceptors (Lipinski definition) is 4. The summed E-state index contributed by atoms with van der Waals surface area (Å²) in [5, 5.41) is 1.56. The summed E-state index contributed by atoms with van der Waals surface area (Å²) in [5.74, 6) is -0.328. The summed E-state index contributed by atoms with van der Waals surface area (Å²) in [6.07, 6.45) is 6.01. The van der Waals surface area contributed by atoms with E-state index in [-0.39, 0.29) is 17.1 Å². The molecule has 0 saturated carbocycles. The maximum atomic E-state index is 13.9. The second kappa shape index (κ2) is 12.6. The zero-order valence-electron chi connectivity index (χ0n) is 23.5. The first-order valence-electron chi connectivity index (χ1n) is 14.1. The van der Waals surface area contributed by atoms with Crippen LogP contribution < -0.4 is 4.90 Å². The van der Waals surface area contributed by atoms with E-state index in [1.807, 2.05) is 36.1 Å². The zero-order valence-corrected chi connectivity index (χ0v) is 26.6. The van der Waals surface area contributed by atoms with Gasteiger partial charge in [-0.2, -0.15) is 0 Å². The molecule has 0 unspecified atom stereocenters. The van der Waals surface area contributed by atoms with E-state index in [2.05, 4.69) is 28.1 Å². The maximum Gasteiger partial charge on any atom is 0.258 e. The molecule has 2 aliphatic heterocycles. The number of carbonyl (C=O) groups excluding carboxylic acids is 1. The number of halogens is 4. The lowest BCUT2D eigenvalue weighted by Crippen LogP contribution is -2.46. The molecule has 1 fully saturated rings. The van der Waals surface area contributed by atoms with E-state index in [1.54, 1.807) is 42.1 Å². The molecule has 1 amide bonds. The number of likely N-dealkylation sites (tertiary alicyclic amines) is 1. The van der Waals surface area contributed by atoms with Crippen LogP contribution >= 0.6 is 46.6 Å². The number of anilines is 1. The number of piperidine rings is 1. The number of fused-ring (bicyclic) bond motifs is 2. The van der Waals surface area contributed by atoms with Gasteiger partial charge in [-0.3, -0.25) is 9.69 Å². The van der Waals surface area contributed by atoms with Crippen LogP contribution in [0.3, 0.4) is 0 Å². The minimum Gasteiger partial charge on any atom is -0.307 e. The molecule has 0 atom stereocenters.